The highest BCUT2D eigenvalue weighted by molar-refractivity contribution is 4.74. The van der Waals surface area contributed by atoms with E-state index in [0.29, 0.717) is 6.54 Å². The fraction of sp³-hybridized carbons (Fsp3) is 0.667. The molecule has 0 atom stereocenters. The van der Waals surface area contributed by atoms with Gasteiger partial charge in [-0.25, -0.2) is 13.8 Å². The lowest BCUT2D eigenvalue weighted by atomic mass is 10.3. The van der Waals surface area contributed by atoms with Crippen LogP contribution in [-0.2, 0) is 6.54 Å². The van der Waals surface area contributed by atoms with Gasteiger partial charge in [0.1, 0.15) is 6.61 Å². The zero-order valence-corrected chi connectivity index (χ0v) is 8.37. The molecule has 0 aromatic carbocycles. The number of halogens is 2. The Labute approximate surface area is 86.9 Å². The van der Waals surface area contributed by atoms with Crippen molar-refractivity contribution in [1.82, 2.24) is 14.9 Å². The summed E-state index contributed by atoms with van der Waals surface area (Å²) in [6.07, 6.45) is 5.93. The van der Waals surface area contributed by atoms with E-state index in [0.717, 1.165) is 13.0 Å². The molecule has 0 aliphatic carbocycles. The van der Waals surface area contributed by atoms with Crippen LogP contribution in [0.2, 0.25) is 0 Å². The van der Waals surface area contributed by atoms with E-state index in [-0.39, 0.29) is 0 Å². The predicted molar refractivity (Wildman–Crippen MR) is 51.7 cm³/mol. The molecule has 0 bridgehead atoms. The molecule has 6 heteroatoms. The summed E-state index contributed by atoms with van der Waals surface area (Å²) in [7, 11) is 0. The monoisotopic (exact) mass is 219 g/mol. The highest BCUT2D eigenvalue weighted by atomic mass is 19.3. The standard InChI is InChI=1S/C9H15F2N3O/c10-9(11,7-15)6-12-2-1-4-14-5-3-13-8-14/h3,5,8,12,15H,1-2,4,6-7H2. The maximum absolute atomic E-state index is 12.5. The van der Waals surface area contributed by atoms with Crippen LogP contribution in [0.25, 0.3) is 0 Å². The van der Waals surface area contributed by atoms with Gasteiger partial charge in [0.05, 0.1) is 12.9 Å². The quantitative estimate of drug-likeness (QED) is 0.656. The van der Waals surface area contributed by atoms with E-state index < -0.39 is 19.1 Å². The minimum Gasteiger partial charge on any atom is -0.390 e. The van der Waals surface area contributed by atoms with Crippen molar-refractivity contribution in [1.29, 1.82) is 0 Å². The Bertz CT molecular complexity index is 264. The third kappa shape index (κ3) is 4.85. The molecule has 0 aliphatic heterocycles. The van der Waals surface area contributed by atoms with Crippen LogP contribution in [0.3, 0.4) is 0 Å². The molecule has 2 N–H and O–H groups in total. The second-order valence-corrected chi connectivity index (χ2v) is 3.34. The number of nitrogens with one attached hydrogen (secondary N) is 1. The average molecular weight is 219 g/mol. The summed E-state index contributed by atoms with van der Waals surface area (Å²) < 4.78 is 26.9. The maximum Gasteiger partial charge on any atom is 0.282 e. The highest BCUT2D eigenvalue weighted by Crippen LogP contribution is 2.09. The van der Waals surface area contributed by atoms with E-state index >= 15 is 0 Å². The van der Waals surface area contributed by atoms with Gasteiger partial charge in [-0.15, -0.1) is 0 Å². The molecule has 0 saturated carbocycles. The smallest absolute Gasteiger partial charge is 0.282 e. The number of aryl methyl sites for hydroxylation is 1. The number of imidazole rings is 1. The molecule has 0 amide bonds. The molecule has 1 heterocycles. The number of nitrogens with zero attached hydrogens (tertiary/aromatic N) is 2. The maximum atomic E-state index is 12.5. The molecule has 0 fully saturated rings. The number of aliphatic hydroxyl groups excluding tert-OH is 1. The van der Waals surface area contributed by atoms with Gasteiger partial charge in [0.25, 0.3) is 5.92 Å². The Morgan fingerprint density at radius 3 is 2.87 bits per heavy atom. The van der Waals surface area contributed by atoms with Crippen molar-refractivity contribution in [3.05, 3.63) is 18.7 Å². The number of aliphatic hydroxyl groups is 1. The SMILES string of the molecule is OCC(F)(F)CNCCCn1ccnc1. The van der Waals surface area contributed by atoms with E-state index in [2.05, 4.69) is 10.3 Å². The van der Waals surface area contributed by atoms with Gasteiger partial charge in [-0.05, 0) is 13.0 Å². The second kappa shape index (κ2) is 5.77. The molecule has 4 nitrogen and oxygen atoms in total. The van der Waals surface area contributed by atoms with Crippen molar-refractivity contribution in [3.63, 3.8) is 0 Å². The van der Waals surface area contributed by atoms with Crippen molar-refractivity contribution < 1.29 is 13.9 Å². The molecular formula is C9H15F2N3O. The molecule has 0 saturated heterocycles. The Balaban J connectivity index is 2.03. The molecular weight excluding hydrogens is 204 g/mol. The van der Waals surface area contributed by atoms with Crippen LogP contribution in [0.15, 0.2) is 18.7 Å². The Kier molecular flexibility index (Phi) is 4.64. The van der Waals surface area contributed by atoms with E-state index in [1.807, 2.05) is 10.8 Å². The molecule has 1 aromatic rings. The molecule has 1 rings (SSSR count). The molecule has 0 radical (unpaired) electrons. The Morgan fingerprint density at radius 1 is 1.47 bits per heavy atom. The number of aromatic nitrogens is 2. The summed E-state index contributed by atoms with van der Waals surface area (Å²) in [5.74, 6) is -3.02. The first kappa shape index (κ1) is 12.1. The Hall–Kier alpha value is -1.01. The van der Waals surface area contributed by atoms with E-state index in [9.17, 15) is 8.78 Å². The van der Waals surface area contributed by atoms with E-state index in [4.69, 9.17) is 5.11 Å². The fourth-order valence-electron chi connectivity index (χ4n) is 1.13. The summed E-state index contributed by atoms with van der Waals surface area (Å²) in [6, 6.07) is 0. The van der Waals surface area contributed by atoms with Crippen LogP contribution in [0.4, 0.5) is 8.78 Å². The first-order valence-electron chi connectivity index (χ1n) is 4.79. The highest BCUT2D eigenvalue weighted by Gasteiger charge is 2.26. The van der Waals surface area contributed by atoms with Crippen molar-refractivity contribution in [2.45, 2.75) is 18.9 Å². The van der Waals surface area contributed by atoms with Gasteiger partial charge >= 0.3 is 0 Å². The van der Waals surface area contributed by atoms with Crippen molar-refractivity contribution in [3.8, 4) is 0 Å². The topological polar surface area (TPSA) is 50.1 Å². The predicted octanol–water partition coefficient (Wildman–Crippen LogP) is 0.490. The van der Waals surface area contributed by atoms with Crippen molar-refractivity contribution in [2.75, 3.05) is 19.7 Å². The number of alkyl halides is 2. The minimum absolute atomic E-state index is 0.479. The van der Waals surface area contributed by atoms with Crippen LogP contribution in [0.1, 0.15) is 6.42 Å². The lowest BCUT2D eigenvalue weighted by Crippen LogP contribution is -2.36. The van der Waals surface area contributed by atoms with Gasteiger partial charge in [-0.3, -0.25) is 0 Å². The second-order valence-electron chi connectivity index (χ2n) is 3.34. The van der Waals surface area contributed by atoms with Crippen LogP contribution >= 0.6 is 0 Å². The first-order chi connectivity index (χ1) is 7.14. The van der Waals surface area contributed by atoms with Gasteiger partial charge in [-0.2, -0.15) is 0 Å². The van der Waals surface area contributed by atoms with Crippen molar-refractivity contribution >= 4 is 0 Å². The van der Waals surface area contributed by atoms with E-state index in [1.165, 1.54) is 0 Å². The average Bonchev–Trinajstić information content (AvgIpc) is 2.70. The summed E-state index contributed by atoms with van der Waals surface area (Å²) in [5, 5.41) is 10.9. The molecule has 1 aromatic heterocycles. The van der Waals surface area contributed by atoms with Crippen LogP contribution in [-0.4, -0.2) is 40.3 Å². The largest absolute Gasteiger partial charge is 0.390 e. The number of hydrogen-bond donors (Lipinski definition) is 2. The third-order valence-corrected chi connectivity index (χ3v) is 1.94. The molecule has 0 aliphatic rings. The number of rotatable bonds is 7. The summed E-state index contributed by atoms with van der Waals surface area (Å²) in [6.45, 7) is -0.347. The first-order valence-corrected chi connectivity index (χ1v) is 4.79. The van der Waals surface area contributed by atoms with Crippen LogP contribution in [0, 0.1) is 0 Å². The molecule has 0 unspecified atom stereocenters. The van der Waals surface area contributed by atoms with Gasteiger partial charge in [0, 0.05) is 18.9 Å². The van der Waals surface area contributed by atoms with Gasteiger partial charge in [-0.1, -0.05) is 0 Å². The van der Waals surface area contributed by atoms with Crippen molar-refractivity contribution in [2.24, 2.45) is 0 Å². The van der Waals surface area contributed by atoms with Gasteiger partial charge in [0.2, 0.25) is 0 Å². The molecule has 0 spiro atoms. The molecule has 86 valence electrons. The number of hydrogen-bond acceptors (Lipinski definition) is 3. The Morgan fingerprint density at radius 2 is 2.27 bits per heavy atom. The van der Waals surface area contributed by atoms with Crippen LogP contribution < -0.4 is 5.32 Å². The summed E-state index contributed by atoms with van der Waals surface area (Å²) in [5.41, 5.74) is 0. The zero-order chi connectivity index (χ0) is 11.1. The summed E-state index contributed by atoms with van der Waals surface area (Å²) in [4.78, 5) is 3.86. The van der Waals surface area contributed by atoms with Gasteiger partial charge < -0.3 is 15.0 Å². The normalized spacial score (nSPS) is 11.9. The van der Waals surface area contributed by atoms with Gasteiger partial charge in [0.15, 0.2) is 0 Å². The molecule has 15 heavy (non-hydrogen) atoms. The minimum atomic E-state index is -3.02. The lowest BCUT2D eigenvalue weighted by molar-refractivity contribution is -0.0474. The zero-order valence-electron chi connectivity index (χ0n) is 8.37. The van der Waals surface area contributed by atoms with Crippen LogP contribution in [0.5, 0.6) is 0 Å². The summed E-state index contributed by atoms with van der Waals surface area (Å²) >= 11 is 0. The third-order valence-electron chi connectivity index (χ3n) is 1.94. The van der Waals surface area contributed by atoms with E-state index in [1.54, 1.807) is 12.5 Å². The lowest BCUT2D eigenvalue weighted by Gasteiger charge is -2.13. The fourth-order valence-corrected chi connectivity index (χ4v) is 1.13.